The monoisotopic (exact) mass is 468 g/mol. The molecule has 178 valence electrons. The average molecular weight is 468 g/mol. The molecule has 0 radical (unpaired) electrons. The fourth-order valence-corrected chi connectivity index (χ4v) is 2.76. The summed E-state index contributed by atoms with van der Waals surface area (Å²) in [5, 5.41) is 23.0. The first-order valence-corrected chi connectivity index (χ1v) is 10.3. The zero-order chi connectivity index (χ0) is 25.1. The summed E-state index contributed by atoms with van der Waals surface area (Å²) >= 11 is 0. The van der Waals surface area contributed by atoms with Gasteiger partial charge in [0.2, 0.25) is 11.6 Å². The van der Waals surface area contributed by atoms with Gasteiger partial charge in [0.1, 0.15) is 22.9 Å². The summed E-state index contributed by atoms with van der Waals surface area (Å²) in [5.41, 5.74) is 0.477. The number of ether oxygens (including phenoxy) is 2. The van der Waals surface area contributed by atoms with Crippen molar-refractivity contribution in [2.45, 2.75) is 39.5 Å². The van der Waals surface area contributed by atoms with Gasteiger partial charge in [-0.2, -0.15) is 0 Å². The smallest absolute Gasteiger partial charge is 0.311 e. The SMILES string of the molecule is C/C(=N\O)C(=O)c1ccc(OC(=O)CCCCC(=O)Oc2ccc(C(=O)/C(C)=N/O)cc2)cc1. The first-order chi connectivity index (χ1) is 16.2. The standard InChI is InChI=1S/C24H24N2O8/c1-15(25-31)23(29)17-7-11-19(12-8-17)33-21(27)5-3-4-6-22(28)34-20-13-9-18(10-14-20)24(30)16(2)26-32/h7-14,31-32H,3-6H2,1-2H3/b25-15+,26-16+. The van der Waals surface area contributed by atoms with Gasteiger partial charge in [0.25, 0.3) is 0 Å². The van der Waals surface area contributed by atoms with Crippen LogP contribution < -0.4 is 9.47 Å². The number of unbranched alkanes of at least 4 members (excludes halogenated alkanes) is 1. The minimum Gasteiger partial charge on any atom is -0.427 e. The second-order valence-corrected chi connectivity index (χ2v) is 7.23. The predicted molar refractivity (Wildman–Crippen MR) is 121 cm³/mol. The quantitative estimate of drug-likeness (QED) is 0.0960. The Morgan fingerprint density at radius 2 is 0.971 bits per heavy atom. The summed E-state index contributed by atoms with van der Waals surface area (Å²) in [6, 6.07) is 11.7. The summed E-state index contributed by atoms with van der Waals surface area (Å²) in [6.45, 7) is 2.75. The van der Waals surface area contributed by atoms with Crippen molar-refractivity contribution in [2.24, 2.45) is 10.3 Å². The molecule has 0 aliphatic carbocycles. The fourth-order valence-electron chi connectivity index (χ4n) is 2.76. The predicted octanol–water partition coefficient (Wildman–Crippen LogP) is 3.82. The number of oxime groups is 2. The zero-order valence-corrected chi connectivity index (χ0v) is 18.7. The number of rotatable bonds is 11. The molecule has 10 nitrogen and oxygen atoms in total. The van der Waals surface area contributed by atoms with Gasteiger partial charge in [-0.25, -0.2) is 0 Å². The maximum absolute atomic E-state index is 12.0. The molecule has 0 saturated carbocycles. The molecule has 0 aliphatic rings. The minimum absolute atomic E-state index is 0.0569. The molecule has 0 saturated heterocycles. The van der Waals surface area contributed by atoms with Crippen LogP contribution in [-0.2, 0) is 9.59 Å². The van der Waals surface area contributed by atoms with E-state index in [2.05, 4.69) is 10.3 Å². The third-order valence-corrected chi connectivity index (χ3v) is 4.67. The molecular formula is C24H24N2O8. The van der Waals surface area contributed by atoms with Gasteiger partial charge in [-0.1, -0.05) is 10.3 Å². The van der Waals surface area contributed by atoms with Crippen LogP contribution >= 0.6 is 0 Å². The fraction of sp³-hybridized carbons (Fsp3) is 0.250. The van der Waals surface area contributed by atoms with E-state index < -0.39 is 23.5 Å². The zero-order valence-electron chi connectivity index (χ0n) is 18.7. The summed E-state index contributed by atoms with van der Waals surface area (Å²) in [4.78, 5) is 47.7. The number of Topliss-reactive ketones (excluding diaryl/α,β-unsaturated/α-hetero) is 2. The van der Waals surface area contributed by atoms with Crippen LogP contribution in [0.5, 0.6) is 11.5 Å². The largest absolute Gasteiger partial charge is 0.427 e. The molecular weight excluding hydrogens is 444 g/mol. The second-order valence-electron chi connectivity index (χ2n) is 7.23. The van der Waals surface area contributed by atoms with E-state index in [1.807, 2.05) is 0 Å². The van der Waals surface area contributed by atoms with Gasteiger partial charge in [0.05, 0.1) is 0 Å². The van der Waals surface area contributed by atoms with E-state index in [4.69, 9.17) is 19.9 Å². The number of benzene rings is 2. The van der Waals surface area contributed by atoms with E-state index in [1.54, 1.807) is 0 Å². The van der Waals surface area contributed by atoms with E-state index in [-0.39, 0.29) is 35.8 Å². The van der Waals surface area contributed by atoms with Crippen molar-refractivity contribution in [1.29, 1.82) is 0 Å². The lowest BCUT2D eigenvalue weighted by Crippen LogP contribution is -2.12. The summed E-state index contributed by atoms with van der Waals surface area (Å²) in [7, 11) is 0. The van der Waals surface area contributed by atoms with Gasteiger partial charge in [0.15, 0.2) is 0 Å². The lowest BCUT2D eigenvalue weighted by Gasteiger charge is -2.06. The highest BCUT2D eigenvalue weighted by atomic mass is 16.5. The Hall–Kier alpha value is -4.34. The molecule has 2 rings (SSSR count). The molecule has 0 bridgehead atoms. The van der Waals surface area contributed by atoms with Crippen molar-refractivity contribution in [3.05, 3.63) is 59.7 Å². The Bertz CT molecular complexity index is 1010. The molecule has 0 unspecified atom stereocenters. The van der Waals surface area contributed by atoms with Crippen molar-refractivity contribution in [1.82, 2.24) is 0 Å². The Morgan fingerprint density at radius 3 is 1.26 bits per heavy atom. The first kappa shape index (κ1) is 25.9. The number of hydrogen-bond acceptors (Lipinski definition) is 10. The van der Waals surface area contributed by atoms with Crippen molar-refractivity contribution in [2.75, 3.05) is 0 Å². The number of carbonyl (C=O) groups excluding carboxylic acids is 4. The summed E-state index contributed by atoms with van der Waals surface area (Å²) in [5.74, 6) is -1.32. The van der Waals surface area contributed by atoms with Crippen LogP contribution in [0.3, 0.4) is 0 Å². The van der Waals surface area contributed by atoms with E-state index in [0.717, 1.165) is 0 Å². The Morgan fingerprint density at radius 1 is 0.647 bits per heavy atom. The van der Waals surface area contributed by atoms with E-state index in [0.29, 0.717) is 24.0 Å². The van der Waals surface area contributed by atoms with E-state index >= 15 is 0 Å². The molecule has 0 spiro atoms. The second kappa shape index (κ2) is 12.6. The molecule has 0 aromatic heterocycles. The van der Waals surface area contributed by atoms with Crippen LogP contribution in [0.25, 0.3) is 0 Å². The summed E-state index contributed by atoms with van der Waals surface area (Å²) < 4.78 is 10.4. The van der Waals surface area contributed by atoms with Gasteiger partial charge in [-0.3, -0.25) is 19.2 Å². The maximum Gasteiger partial charge on any atom is 0.311 e. The van der Waals surface area contributed by atoms with Gasteiger partial charge in [0, 0.05) is 24.0 Å². The third-order valence-electron chi connectivity index (χ3n) is 4.67. The van der Waals surface area contributed by atoms with Crippen LogP contribution in [0.15, 0.2) is 58.8 Å². The van der Waals surface area contributed by atoms with E-state index in [9.17, 15) is 19.2 Å². The van der Waals surface area contributed by atoms with Crippen LogP contribution in [0, 0.1) is 0 Å². The number of nitrogens with zero attached hydrogens (tertiary/aromatic N) is 2. The molecule has 2 N–H and O–H groups in total. The Kier molecular flexibility index (Phi) is 9.63. The molecule has 34 heavy (non-hydrogen) atoms. The third kappa shape index (κ3) is 7.66. The van der Waals surface area contributed by atoms with Gasteiger partial charge in [-0.05, 0) is 75.2 Å². The highest BCUT2D eigenvalue weighted by Crippen LogP contribution is 2.16. The van der Waals surface area contributed by atoms with E-state index in [1.165, 1.54) is 62.4 Å². The lowest BCUT2D eigenvalue weighted by atomic mass is 10.1. The maximum atomic E-state index is 12.0. The molecule has 0 amide bonds. The van der Waals surface area contributed by atoms with Crippen molar-refractivity contribution < 1.29 is 39.1 Å². The molecule has 0 atom stereocenters. The van der Waals surface area contributed by atoms with Crippen LogP contribution in [0.2, 0.25) is 0 Å². The Labute approximate surface area is 195 Å². The highest BCUT2D eigenvalue weighted by Gasteiger charge is 2.13. The number of carbonyl (C=O) groups is 4. The normalized spacial score (nSPS) is 11.6. The van der Waals surface area contributed by atoms with Crippen molar-refractivity contribution in [3.63, 3.8) is 0 Å². The average Bonchev–Trinajstić information content (AvgIpc) is 2.85. The molecule has 0 aliphatic heterocycles. The minimum atomic E-state index is -0.484. The molecule has 2 aromatic carbocycles. The number of ketones is 2. The number of hydrogen-bond donors (Lipinski definition) is 2. The molecule has 2 aromatic rings. The lowest BCUT2D eigenvalue weighted by molar-refractivity contribution is -0.136. The number of esters is 2. The molecule has 10 heteroatoms. The van der Waals surface area contributed by atoms with Gasteiger partial charge in [-0.15, -0.1) is 0 Å². The van der Waals surface area contributed by atoms with Crippen LogP contribution in [0.4, 0.5) is 0 Å². The molecule has 0 heterocycles. The van der Waals surface area contributed by atoms with Crippen LogP contribution in [-0.4, -0.2) is 45.3 Å². The van der Waals surface area contributed by atoms with Gasteiger partial charge >= 0.3 is 11.9 Å². The molecule has 0 fully saturated rings. The first-order valence-electron chi connectivity index (χ1n) is 10.3. The Balaban J connectivity index is 1.72. The van der Waals surface area contributed by atoms with Crippen LogP contribution in [0.1, 0.15) is 60.2 Å². The van der Waals surface area contributed by atoms with Gasteiger partial charge < -0.3 is 19.9 Å². The topological polar surface area (TPSA) is 152 Å². The highest BCUT2D eigenvalue weighted by molar-refractivity contribution is 6.45. The summed E-state index contributed by atoms with van der Waals surface area (Å²) in [6.07, 6.45) is 0.993. The van der Waals surface area contributed by atoms with Crippen molar-refractivity contribution in [3.8, 4) is 11.5 Å². The van der Waals surface area contributed by atoms with Crippen molar-refractivity contribution >= 4 is 34.9 Å².